The fourth-order valence-corrected chi connectivity index (χ4v) is 4.07. The number of aliphatic hydroxyl groups is 2. The van der Waals surface area contributed by atoms with E-state index in [0.717, 1.165) is 16.0 Å². The Morgan fingerprint density at radius 2 is 1.38 bits per heavy atom. The molecule has 1 amide bonds. The molecule has 4 N–H and O–H groups in total. The van der Waals surface area contributed by atoms with Gasteiger partial charge in [-0.2, -0.15) is 0 Å². The van der Waals surface area contributed by atoms with Gasteiger partial charge in [0.05, 0.1) is 17.1 Å². The quantitative estimate of drug-likeness (QED) is 0.479. The molecule has 0 aliphatic carbocycles. The summed E-state index contributed by atoms with van der Waals surface area (Å²) in [6, 6.07) is 22.7. The van der Waals surface area contributed by atoms with Crippen molar-refractivity contribution in [3.05, 3.63) is 93.7 Å². The Morgan fingerprint density at radius 3 is 1.83 bits per heavy atom. The summed E-state index contributed by atoms with van der Waals surface area (Å²) in [5.41, 5.74) is 7.03. The molecule has 29 heavy (non-hydrogen) atoms. The fraction of sp³-hybridized carbons (Fsp3) is 0.261. The SMILES string of the molecule is NC(=O)c1ccc(CCN(CC(O)c2ccccc2)CC(O)c2ccccc2)s1. The molecule has 1 heterocycles. The number of primary amides is 1. The third-order valence-corrected chi connectivity index (χ3v) is 5.97. The zero-order valence-electron chi connectivity index (χ0n) is 16.1. The Bertz CT molecular complexity index is 851. The van der Waals surface area contributed by atoms with Crippen LogP contribution in [0.4, 0.5) is 0 Å². The Hall–Kier alpha value is -2.51. The molecule has 6 heteroatoms. The number of rotatable bonds is 10. The van der Waals surface area contributed by atoms with Gasteiger partial charge in [-0.15, -0.1) is 11.3 Å². The number of hydrogen-bond acceptors (Lipinski definition) is 5. The van der Waals surface area contributed by atoms with Gasteiger partial charge in [0, 0.05) is 24.5 Å². The number of benzene rings is 2. The van der Waals surface area contributed by atoms with E-state index >= 15 is 0 Å². The molecule has 3 aromatic rings. The van der Waals surface area contributed by atoms with Gasteiger partial charge in [-0.3, -0.25) is 9.69 Å². The Morgan fingerprint density at radius 1 is 0.862 bits per heavy atom. The molecule has 152 valence electrons. The molecular weight excluding hydrogens is 384 g/mol. The number of thiophene rings is 1. The molecule has 0 saturated carbocycles. The summed E-state index contributed by atoms with van der Waals surface area (Å²) in [5.74, 6) is -0.419. The average Bonchev–Trinajstić information content (AvgIpc) is 3.22. The highest BCUT2D eigenvalue weighted by molar-refractivity contribution is 7.14. The molecule has 3 rings (SSSR count). The van der Waals surface area contributed by atoms with Crippen LogP contribution in [0, 0.1) is 0 Å². The van der Waals surface area contributed by atoms with Gasteiger partial charge in [0.15, 0.2) is 0 Å². The molecule has 0 radical (unpaired) electrons. The lowest BCUT2D eigenvalue weighted by molar-refractivity contribution is 0.0695. The van der Waals surface area contributed by atoms with Crippen LogP contribution in [0.5, 0.6) is 0 Å². The molecule has 2 aromatic carbocycles. The molecule has 0 bridgehead atoms. The molecular formula is C23H26N2O3S. The topological polar surface area (TPSA) is 86.8 Å². The summed E-state index contributed by atoms with van der Waals surface area (Å²) in [7, 11) is 0. The van der Waals surface area contributed by atoms with Gasteiger partial charge in [-0.05, 0) is 29.7 Å². The second-order valence-corrected chi connectivity index (χ2v) is 8.16. The average molecular weight is 411 g/mol. The van der Waals surface area contributed by atoms with E-state index in [0.29, 0.717) is 30.9 Å². The Balaban J connectivity index is 1.68. The molecule has 5 nitrogen and oxygen atoms in total. The van der Waals surface area contributed by atoms with Crippen LogP contribution < -0.4 is 5.73 Å². The van der Waals surface area contributed by atoms with Crippen molar-refractivity contribution >= 4 is 17.2 Å². The molecule has 0 fully saturated rings. The zero-order valence-corrected chi connectivity index (χ0v) is 17.0. The van der Waals surface area contributed by atoms with Gasteiger partial charge < -0.3 is 15.9 Å². The summed E-state index contributed by atoms with van der Waals surface area (Å²) in [4.78, 5) is 15.0. The van der Waals surface area contributed by atoms with Crippen LogP contribution in [0.15, 0.2) is 72.8 Å². The maximum Gasteiger partial charge on any atom is 0.258 e. The Kier molecular flexibility index (Phi) is 7.55. The largest absolute Gasteiger partial charge is 0.387 e. The van der Waals surface area contributed by atoms with Gasteiger partial charge >= 0.3 is 0 Å². The van der Waals surface area contributed by atoms with E-state index in [1.807, 2.05) is 66.7 Å². The van der Waals surface area contributed by atoms with E-state index in [1.165, 1.54) is 11.3 Å². The zero-order chi connectivity index (χ0) is 20.6. The first-order valence-corrected chi connectivity index (χ1v) is 10.4. The maximum absolute atomic E-state index is 11.3. The van der Waals surface area contributed by atoms with Crippen LogP contribution in [0.1, 0.15) is 37.9 Å². The lowest BCUT2D eigenvalue weighted by atomic mass is 10.1. The minimum atomic E-state index is -0.649. The van der Waals surface area contributed by atoms with Crippen molar-refractivity contribution in [2.45, 2.75) is 18.6 Å². The second-order valence-electron chi connectivity index (χ2n) is 6.99. The highest BCUT2D eigenvalue weighted by Crippen LogP contribution is 2.21. The highest BCUT2D eigenvalue weighted by atomic mass is 32.1. The minimum absolute atomic E-state index is 0.405. The van der Waals surface area contributed by atoms with Crippen LogP contribution in [-0.4, -0.2) is 40.7 Å². The van der Waals surface area contributed by atoms with Crippen molar-refractivity contribution in [2.24, 2.45) is 5.73 Å². The molecule has 0 aliphatic rings. The van der Waals surface area contributed by atoms with Crippen molar-refractivity contribution in [1.29, 1.82) is 0 Å². The lowest BCUT2D eigenvalue weighted by Crippen LogP contribution is -2.34. The predicted molar refractivity (Wildman–Crippen MR) is 116 cm³/mol. The molecule has 0 aliphatic heterocycles. The predicted octanol–water partition coefficient (Wildman–Crippen LogP) is 3.16. The summed E-state index contributed by atoms with van der Waals surface area (Å²) in [6.45, 7) is 1.45. The molecule has 1 aromatic heterocycles. The van der Waals surface area contributed by atoms with E-state index in [-0.39, 0.29) is 0 Å². The minimum Gasteiger partial charge on any atom is -0.387 e. The first-order chi connectivity index (χ1) is 14.0. The normalized spacial score (nSPS) is 13.3. The van der Waals surface area contributed by atoms with Crippen molar-refractivity contribution in [3.63, 3.8) is 0 Å². The van der Waals surface area contributed by atoms with Gasteiger partial charge in [0.2, 0.25) is 0 Å². The number of amides is 1. The fourth-order valence-electron chi connectivity index (χ4n) is 3.22. The van der Waals surface area contributed by atoms with Gasteiger partial charge in [0.25, 0.3) is 5.91 Å². The number of carbonyl (C=O) groups is 1. The van der Waals surface area contributed by atoms with Crippen LogP contribution in [-0.2, 0) is 6.42 Å². The van der Waals surface area contributed by atoms with Crippen LogP contribution in [0.25, 0.3) is 0 Å². The van der Waals surface area contributed by atoms with Gasteiger partial charge in [-0.25, -0.2) is 0 Å². The van der Waals surface area contributed by atoms with Gasteiger partial charge in [-0.1, -0.05) is 60.7 Å². The van der Waals surface area contributed by atoms with Crippen molar-refractivity contribution in [3.8, 4) is 0 Å². The summed E-state index contributed by atoms with van der Waals surface area (Å²) >= 11 is 1.39. The molecule has 0 saturated heterocycles. The number of nitrogens with two attached hydrogens (primary N) is 1. The lowest BCUT2D eigenvalue weighted by Gasteiger charge is -2.27. The number of nitrogens with zero attached hydrogens (tertiary/aromatic N) is 1. The van der Waals surface area contributed by atoms with Gasteiger partial charge in [0.1, 0.15) is 0 Å². The smallest absolute Gasteiger partial charge is 0.258 e. The van der Waals surface area contributed by atoms with Crippen LogP contribution >= 0.6 is 11.3 Å². The van der Waals surface area contributed by atoms with Crippen LogP contribution in [0.3, 0.4) is 0 Å². The molecule has 2 atom stereocenters. The first kappa shape index (κ1) is 21.2. The summed E-state index contributed by atoms with van der Waals surface area (Å²) < 4.78 is 0. The third-order valence-electron chi connectivity index (χ3n) is 4.81. The highest BCUT2D eigenvalue weighted by Gasteiger charge is 2.18. The monoisotopic (exact) mass is 410 g/mol. The maximum atomic E-state index is 11.3. The molecule has 2 unspecified atom stereocenters. The first-order valence-electron chi connectivity index (χ1n) is 9.60. The number of carbonyl (C=O) groups excluding carboxylic acids is 1. The number of aliphatic hydroxyl groups excluding tert-OH is 2. The molecule has 0 spiro atoms. The Labute approximate surface area is 175 Å². The summed E-state index contributed by atoms with van der Waals surface area (Å²) in [6.07, 6.45) is -0.589. The van der Waals surface area contributed by atoms with E-state index in [2.05, 4.69) is 4.90 Å². The van der Waals surface area contributed by atoms with Crippen LogP contribution in [0.2, 0.25) is 0 Å². The van der Waals surface area contributed by atoms with Crippen molar-refractivity contribution in [2.75, 3.05) is 19.6 Å². The second kappa shape index (κ2) is 10.3. The standard InChI is InChI=1S/C23H26N2O3S/c24-23(28)22-12-11-19(29-22)13-14-25(15-20(26)17-7-3-1-4-8-17)16-21(27)18-9-5-2-6-10-18/h1-12,20-21,26-27H,13-16H2,(H2,24,28). The van der Waals surface area contributed by atoms with E-state index in [9.17, 15) is 15.0 Å². The van der Waals surface area contributed by atoms with E-state index < -0.39 is 18.1 Å². The van der Waals surface area contributed by atoms with E-state index in [1.54, 1.807) is 6.07 Å². The van der Waals surface area contributed by atoms with Crippen molar-refractivity contribution < 1.29 is 15.0 Å². The third kappa shape index (κ3) is 6.24. The number of hydrogen-bond donors (Lipinski definition) is 3. The van der Waals surface area contributed by atoms with E-state index in [4.69, 9.17) is 5.73 Å². The van der Waals surface area contributed by atoms with Crippen molar-refractivity contribution in [1.82, 2.24) is 4.90 Å². The summed E-state index contributed by atoms with van der Waals surface area (Å²) in [5, 5.41) is 21.3.